The van der Waals surface area contributed by atoms with Crippen molar-refractivity contribution in [3.05, 3.63) is 87.8 Å². The molecule has 1 unspecified atom stereocenters. The summed E-state index contributed by atoms with van der Waals surface area (Å²) in [4.78, 5) is 27.5. The molecule has 1 fully saturated rings. The van der Waals surface area contributed by atoms with E-state index in [4.69, 9.17) is 32.4 Å². The van der Waals surface area contributed by atoms with Crippen LogP contribution in [0.3, 0.4) is 0 Å². The normalized spacial score (nSPS) is 15.7. The van der Waals surface area contributed by atoms with Crippen molar-refractivity contribution in [1.82, 2.24) is 4.90 Å². The van der Waals surface area contributed by atoms with Crippen LogP contribution in [-0.2, 0) is 22.7 Å². The predicted molar refractivity (Wildman–Crippen MR) is 123 cm³/mol. The topological polar surface area (TPSA) is 71.8 Å². The van der Waals surface area contributed by atoms with Gasteiger partial charge in [0, 0.05) is 27.8 Å². The van der Waals surface area contributed by atoms with Crippen LogP contribution >= 0.6 is 23.2 Å². The first-order chi connectivity index (χ1) is 15.5. The van der Waals surface area contributed by atoms with E-state index in [2.05, 4.69) is 5.32 Å². The molecule has 4 rings (SSSR count). The number of rotatable bonds is 7. The van der Waals surface area contributed by atoms with E-state index in [1.807, 2.05) is 36.4 Å². The van der Waals surface area contributed by atoms with Crippen LogP contribution in [0, 0.1) is 0 Å². The van der Waals surface area contributed by atoms with Crippen LogP contribution in [0.1, 0.15) is 34.5 Å². The molecule has 1 aliphatic heterocycles. The summed E-state index contributed by atoms with van der Waals surface area (Å²) in [6.07, 6.45) is 2.95. The summed E-state index contributed by atoms with van der Waals surface area (Å²) in [5.74, 6) is 0.270. The molecule has 1 saturated heterocycles. The number of likely N-dealkylation sites (tertiary alicyclic amines) is 1. The third-order valence-corrected chi connectivity index (χ3v) is 5.65. The van der Waals surface area contributed by atoms with Crippen molar-refractivity contribution in [2.75, 3.05) is 11.9 Å². The minimum atomic E-state index is -0.556. The number of amides is 2. The lowest BCUT2D eigenvalue weighted by Gasteiger charge is -2.24. The van der Waals surface area contributed by atoms with Gasteiger partial charge in [0.1, 0.15) is 18.4 Å². The summed E-state index contributed by atoms with van der Waals surface area (Å²) in [5.41, 5.74) is 1.94. The van der Waals surface area contributed by atoms with Gasteiger partial charge in [-0.25, -0.2) is 0 Å². The molecule has 2 heterocycles. The SMILES string of the molecule is O=C(Nc1cccc(COCc2ccco2)c1)C1CCCN1C(=O)c1cc(Cl)cc(Cl)c1. The Labute approximate surface area is 196 Å². The van der Waals surface area contributed by atoms with Gasteiger partial charge in [-0.2, -0.15) is 0 Å². The van der Waals surface area contributed by atoms with Crippen molar-refractivity contribution in [2.45, 2.75) is 32.1 Å². The average molecular weight is 473 g/mol. The Hall–Kier alpha value is -2.80. The van der Waals surface area contributed by atoms with Gasteiger partial charge >= 0.3 is 0 Å². The fourth-order valence-corrected chi connectivity index (χ4v) is 4.28. The van der Waals surface area contributed by atoms with E-state index in [1.165, 1.54) is 0 Å². The molecule has 1 aliphatic rings. The van der Waals surface area contributed by atoms with Gasteiger partial charge in [-0.15, -0.1) is 0 Å². The largest absolute Gasteiger partial charge is 0.467 e. The third kappa shape index (κ3) is 5.51. The van der Waals surface area contributed by atoms with Gasteiger partial charge in [0.15, 0.2) is 0 Å². The number of hydrogen-bond acceptors (Lipinski definition) is 4. The summed E-state index contributed by atoms with van der Waals surface area (Å²) < 4.78 is 10.9. The number of ether oxygens (including phenoxy) is 1. The maximum atomic E-state index is 13.0. The van der Waals surface area contributed by atoms with Crippen LogP contribution < -0.4 is 5.32 Å². The smallest absolute Gasteiger partial charge is 0.254 e. The molecule has 2 amide bonds. The number of anilines is 1. The molecule has 0 bridgehead atoms. The van der Waals surface area contributed by atoms with Crippen LogP contribution in [0.25, 0.3) is 0 Å². The molecule has 1 N–H and O–H groups in total. The Balaban J connectivity index is 1.38. The molecule has 6 nitrogen and oxygen atoms in total. The Morgan fingerprint density at radius 3 is 2.62 bits per heavy atom. The maximum Gasteiger partial charge on any atom is 0.254 e. The molecule has 1 atom stereocenters. The van der Waals surface area contributed by atoms with Crippen LogP contribution in [0.15, 0.2) is 65.3 Å². The first-order valence-corrected chi connectivity index (χ1v) is 11.0. The zero-order chi connectivity index (χ0) is 22.5. The predicted octanol–water partition coefficient (Wildman–Crippen LogP) is 5.55. The van der Waals surface area contributed by atoms with E-state index >= 15 is 0 Å². The summed E-state index contributed by atoms with van der Waals surface area (Å²) in [7, 11) is 0. The van der Waals surface area contributed by atoms with Gasteiger partial charge in [-0.1, -0.05) is 35.3 Å². The van der Waals surface area contributed by atoms with Crippen LogP contribution in [0.4, 0.5) is 5.69 Å². The minimum absolute atomic E-state index is 0.224. The Kier molecular flexibility index (Phi) is 7.15. The van der Waals surface area contributed by atoms with E-state index in [9.17, 15) is 9.59 Å². The number of carbonyl (C=O) groups is 2. The number of benzene rings is 2. The fraction of sp³-hybridized carbons (Fsp3) is 0.250. The number of halogens is 2. The molecule has 166 valence electrons. The quantitative estimate of drug-likeness (QED) is 0.489. The molecule has 0 saturated carbocycles. The summed E-state index contributed by atoms with van der Waals surface area (Å²) >= 11 is 12.1. The molecule has 0 radical (unpaired) electrons. The second-order valence-corrected chi connectivity index (χ2v) is 8.45. The highest BCUT2D eigenvalue weighted by molar-refractivity contribution is 6.35. The molecular weight excluding hydrogens is 451 g/mol. The van der Waals surface area contributed by atoms with E-state index in [-0.39, 0.29) is 11.8 Å². The zero-order valence-corrected chi connectivity index (χ0v) is 18.7. The lowest BCUT2D eigenvalue weighted by atomic mass is 10.1. The van der Waals surface area contributed by atoms with Crippen molar-refractivity contribution in [2.24, 2.45) is 0 Å². The summed E-state index contributed by atoms with van der Waals surface area (Å²) in [6, 6.07) is 15.3. The number of furan rings is 1. The molecule has 0 spiro atoms. The standard InChI is InChI=1S/C24H22Cl2N2O4/c25-18-11-17(12-19(26)13-18)24(30)28-8-2-7-22(28)23(29)27-20-5-1-4-16(10-20)14-31-15-21-6-3-9-32-21/h1,3-6,9-13,22H,2,7-8,14-15H2,(H,27,29). The second kappa shape index (κ2) is 10.2. The monoisotopic (exact) mass is 472 g/mol. The molecule has 32 heavy (non-hydrogen) atoms. The Morgan fingerprint density at radius 1 is 1.06 bits per heavy atom. The highest BCUT2D eigenvalue weighted by atomic mass is 35.5. The first-order valence-electron chi connectivity index (χ1n) is 10.3. The van der Waals surface area contributed by atoms with Crippen LogP contribution in [-0.4, -0.2) is 29.3 Å². The molecule has 3 aromatic rings. The van der Waals surface area contributed by atoms with Crippen molar-refractivity contribution in [3.8, 4) is 0 Å². The van der Waals surface area contributed by atoms with Crippen molar-refractivity contribution >= 4 is 40.7 Å². The molecule has 1 aromatic heterocycles. The second-order valence-electron chi connectivity index (χ2n) is 7.58. The third-order valence-electron chi connectivity index (χ3n) is 5.21. The van der Waals surface area contributed by atoms with Crippen molar-refractivity contribution in [3.63, 3.8) is 0 Å². The molecule has 0 aliphatic carbocycles. The molecule has 8 heteroatoms. The van der Waals surface area contributed by atoms with Gasteiger partial charge in [0.25, 0.3) is 5.91 Å². The van der Waals surface area contributed by atoms with Crippen LogP contribution in [0.5, 0.6) is 0 Å². The average Bonchev–Trinajstić information content (AvgIpc) is 3.45. The lowest BCUT2D eigenvalue weighted by Crippen LogP contribution is -2.43. The lowest BCUT2D eigenvalue weighted by molar-refractivity contribution is -0.119. The van der Waals surface area contributed by atoms with E-state index in [0.29, 0.717) is 47.5 Å². The number of carbonyl (C=O) groups excluding carboxylic acids is 2. The van der Waals surface area contributed by atoms with E-state index in [0.717, 1.165) is 17.7 Å². The highest BCUT2D eigenvalue weighted by Gasteiger charge is 2.34. The molecule has 2 aromatic carbocycles. The van der Waals surface area contributed by atoms with Crippen molar-refractivity contribution in [1.29, 1.82) is 0 Å². The number of nitrogens with one attached hydrogen (secondary N) is 1. The van der Waals surface area contributed by atoms with E-state index < -0.39 is 6.04 Å². The summed E-state index contributed by atoms with van der Waals surface area (Å²) in [5, 5.41) is 3.69. The fourth-order valence-electron chi connectivity index (χ4n) is 3.75. The van der Waals surface area contributed by atoms with Crippen LogP contribution in [0.2, 0.25) is 10.0 Å². The van der Waals surface area contributed by atoms with E-state index in [1.54, 1.807) is 29.4 Å². The minimum Gasteiger partial charge on any atom is -0.467 e. The maximum absolute atomic E-state index is 13.0. The zero-order valence-electron chi connectivity index (χ0n) is 17.2. The Bertz CT molecular complexity index is 1080. The van der Waals surface area contributed by atoms with Gasteiger partial charge in [0.05, 0.1) is 12.9 Å². The molecular formula is C24H22Cl2N2O4. The van der Waals surface area contributed by atoms with Gasteiger partial charge in [0.2, 0.25) is 5.91 Å². The summed E-state index contributed by atoms with van der Waals surface area (Å²) in [6.45, 7) is 1.26. The highest BCUT2D eigenvalue weighted by Crippen LogP contribution is 2.25. The first kappa shape index (κ1) is 22.4. The van der Waals surface area contributed by atoms with Gasteiger partial charge < -0.3 is 19.4 Å². The van der Waals surface area contributed by atoms with Gasteiger partial charge in [-0.05, 0) is 60.9 Å². The van der Waals surface area contributed by atoms with Gasteiger partial charge in [-0.3, -0.25) is 9.59 Å². The van der Waals surface area contributed by atoms with Crippen molar-refractivity contribution < 1.29 is 18.7 Å². The Morgan fingerprint density at radius 2 is 1.88 bits per heavy atom. The number of hydrogen-bond donors (Lipinski definition) is 1. The number of nitrogens with zero attached hydrogens (tertiary/aromatic N) is 1.